The summed E-state index contributed by atoms with van der Waals surface area (Å²) in [6.07, 6.45) is 2.39. The summed E-state index contributed by atoms with van der Waals surface area (Å²) in [7, 11) is -3.72. The highest BCUT2D eigenvalue weighted by atomic mass is 35.5. The van der Waals surface area contributed by atoms with Crippen molar-refractivity contribution < 1.29 is 13.2 Å². The molecule has 0 aliphatic heterocycles. The van der Waals surface area contributed by atoms with E-state index in [1.807, 2.05) is 0 Å². The van der Waals surface area contributed by atoms with Crippen molar-refractivity contribution in [2.24, 2.45) is 0 Å². The summed E-state index contributed by atoms with van der Waals surface area (Å²) in [5.74, 6) is -0.00890. The first-order valence-electron chi connectivity index (χ1n) is 8.01. The van der Waals surface area contributed by atoms with Gasteiger partial charge in [-0.3, -0.25) is 9.52 Å². The molecule has 0 radical (unpaired) electrons. The number of carbonyl (C=O) groups excluding carboxylic acids is 1. The van der Waals surface area contributed by atoms with Crippen molar-refractivity contribution in [1.82, 2.24) is 5.32 Å². The number of amides is 1. The SMILES string of the molecule is Cc1c(Cl)cccc1S(=O)(=O)Nc1ccc(CC(=O)NC2CC2)cc1. The number of rotatable bonds is 6. The van der Waals surface area contributed by atoms with E-state index in [1.165, 1.54) is 6.07 Å². The van der Waals surface area contributed by atoms with Crippen LogP contribution in [-0.2, 0) is 21.2 Å². The first-order chi connectivity index (χ1) is 11.8. The summed E-state index contributed by atoms with van der Waals surface area (Å²) in [5.41, 5.74) is 1.77. The minimum atomic E-state index is -3.72. The van der Waals surface area contributed by atoms with E-state index in [9.17, 15) is 13.2 Å². The van der Waals surface area contributed by atoms with Crippen LogP contribution >= 0.6 is 11.6 Å². The molecule has 0 atom stereocenters. The van der Waals surface area contributed by atoms with Gasteiger partial charge in [-0.25, -0.2) is 8.42 Å². The van der Waals surface area contributed by atoms with Gasteiger partial charge in [-0.05, 0) is 55.2 Å². The Morgan fingerprint density at radius 1 is 1.16 bits per heavy atom. The topological polar surface area (TPSA) is 75.3 Å². The molecule has 0 saturated heterocycles. The molecule has 1 aliphatic carbocycles. The molecule has 0 heterocycles. The van der Waals surface area contributed by atoms with Gasteiger partial charge >= 0.3 is 0 Å². The fourth-order valence-corrected chi connectivity index (χ4v) is 4.03. The van der Waals surface area contributed by atoms with Crippen molar-refractivity contribution in [3.8, 4) is 0 Å². The van der Waals surface area contributed by atoms with Crippen LogP contribution in [0, 0.1) is 6.92 Å². The number of hydrogen-bond donors (Lipinski definition) is 2. The fourth-order valence-electron chi connectivity index (χ4n) is 2.47. The number of carbonyl (C=O) groups is 1. The molecule has 132 valence electrons. The van der Waals surface area contributed by atoms with Gasteiger partial charge < -0.3 is 5.32 Å². The molecule has 0 unspecified atom stereocenters. The summed E-state index contributed by atoms with van der Waals surface area (Å²) >= 11 is 6.00. The van der Waals surface area contributed by atoms with Crippen LogP contribution in [0.25, 0.3) is 0 Å². The smallest absolute Gasteiger partial charge is 0.262 e. The lowest BCUT2D eigenvalue weighted by atomic mass is 10.1. The quantitative estimate of drug-likeness (QED) is 0.810. The predicted octanol–water partition coefficient (Wildman–Crippen LogP) is 3.27. The monoisotopic (exact) mass is 378 g/mol. The van der Waals surface area contributed by atoms with Gasteiger partial charge in [0.25, 0.3) is 10.0 Å². The van der Waals surface area contributed by atoms with Crippen LogP contribution in [0.2, 0.25) is 5.02 Å². The molecule has 2 aromatic rings. The lowest BCUT2D eigenvalue weighted by Crippen LogP contribution is -2.26. The maximum Gasteiger partial charge on any atom is 0.262 e. The van der Waals surface area contributed by atoms with Gasteiger partial charge in [0.15, 0.2) is 0 Å². The highest BCUT2D eigenvalue weighted by molar-refractivity contribution is 7.92. The molecule has 0 aromatic heterocycles. The Morgan fingerprint density at radius 2 is 1.84 bits per heavy atom. The first kappa shape index (κ1) is 17.8. The summed E-state index contributed by atoms with van der Waals surface area (Å²) in [4.78, 5) is 11.9. The van der Waals surface area contributed by atoms with Crippen molar-refractivity contribution in [1.29, 1.82) is 0 Å². The van der Waals surface area contributed by atoms with Crippen LogP contribution in [0.4, 0.5) is 5.69 Å². The van der Waals surface area contributed by atoms with E-state index in [4.69, 9.17) is 11.6 Å². The number of hydrogen-bond acceptors (Lipinski definition) is 3. The molecule has 1 aliphatic rings. The van der Waals surface area contributed by atoms with Crippen molar-refractivity contribution >= 4 is 33.2 Å². The number of anilines is 1. The fraction of sp³-hybridized carbons (Fsp3) is 0.278. The second kappa shape index (κ2) is 7.06. The Balaban J connectivity index is 1.69. The molecule has 0 spiro atoms. The minimum Gasteiger partial charge on any atom is -0.353 e. The first-order valence-corrected chi connectivity index (χ1v) is 9.87. The van der Waals surface area contributed by atoms with Crippen LogP contribution in [0.1, 0.15) is 24.0 Å². The van der Waals surface area contributed by atoms with E-state index in [2.05, 4.69) is 10.0 Å². The highest BCUT2D eigenvalue weighted by Gasteiger charge is 2.23. The normalized spacial score (nSPS) is 14.2. The van der Waals surface area contributed by atoms with Gasteiger partial charge in [0.2, 0.25) is 5.91 Å². The van der Waals surface area contributed by atoms with Crippen LogP contribution in [0.3, 0.4) is 0 Å². The molecule has 1 fully saturated rings. The summed E-state index contributed by atoms with van der Waals surface area (Å²) < 4.78 is 27.6. The van der Waals surface area contributed by atoms with Gasteiger partial charge in [0, 0.05) is 16.8 Å². The summed E-state index contributed by atoms with van der Waals surface area (Å²) in [5, 5.41) is 3.33. The van der Waals surface area contributed by atoms with E-state index in [-0.39, 0.29) is 17.2 Å². The lowest BCUT2D eigenvalue weighted by molar-refractivity contribution is -0.120. The number of halogens is 1. The molecule has 25 heavy (non-hydrogen) atoms. The predicted molar refractivity (Wildman–Crippen MR) is 98.3 cm³/mol. The maximum absolute atomic E-state index is 12.5. The van der Waals surface area contributed by atoms with Gasteiger partial charge in [0.05, 0.1) is 11.3 Å². The number of sulfonamides is 1. The second-order valence-electron chi connectivity index (χ2n) is 6.18. The van der Waals surface area contributed by atoms with E-state index < -0.39 is 10.0 Å². The van der Waals surface area contributed by atoms with Gasteiger partial charge in [-0.1, -0.05) is 29.8 Å². The largest absolute Gasteiger partial charge is 0.353 e. The Hall–Kier alpha value is -2.05. The van der Waals surface area contributed by atoms with Crippen molar-refractivity contribution in [3.05, 3.63) is 58.6 Å². The van der Waals surface area contributed by atoms with Crippen LogP contribution in [0.15, 0.2) is 47.4 Å². The molecular formula is C18H19ClN2O3S. The van der Waals surface area contributed by atoms with Gasteiger partial charge in [0.1, 0.15) is 0 Å². The number of benzene rings is 2. The number of nitrogens with one attached hydrogen (secondary N) is 2. The van der Waals surface area contributed by atoms with Crippen molar-refractivity contribution in [2.75, 3.05) is 4.72 Å². The third-order valence-corrected chi connectivity index (χ3v) is 5.96. The van der Waals surface area contributed by atoms with E-state index in [0.29, 0.717) is 22.3 Å². The van der Waals surface area contributed by atoms with Gasteiger partial charge in [-0.15, -0.1) is 0 Å². The molecule has 2 N–H and O–H groups in total. The average molecular weight is 379 g/mol. The molecule has 7 heteroatoms. The van der Waals surface area contributed by atoms with Crippen LogP contribution < -0.4 is 10.0 Å². The standard InChI is InChI=1S/C18H19ClN2O3S/c1-12-16(19)3-2-4-17(12)25(23,24)21-15-7-5-13(6-8-15)11-18(22)20-14-9-10-14/h2-8,14,21H,9-11H2,1H3,(H,20,22). The zero-order valence-corrected chi connectivity index (χ0v) is 15.3. The van der Waals surface area contributed by atoms with E-state index in [1.54, 1.807) is 43.3 Å². The Labute approximate surface area is 152 Å². The Kier molecular flexibility index (Phi) is 5.01. The zero-order valence-electron chi connectivity index (χ0n) is 13.8. The molecule has 1 saturated carbocycles. The average Bonchev–Trinajstić information content (AvgIpc) is 3.35. The summed E-state index contributed by atoms with van der Waals surface area (Å²) in [6.45, 7) is 1.67. The minimum absolute atomic E-state index is 0.00890. The van der Waals surface area contributed by atoms with Crippen molar-refractivity contribution in [2.45, 2.75) is 37.1 Å². The molecule has 0 bridgehead atoms. The van der Waals surface area contributed by atoms with Crippen LogP contribution in [-0.4, -0.2) is 20.4 Å². The van der Waals surface area contributed by atoms with Crippen molar-refractivity contribution in [3.63, 3.8) is 0 Å². The maximum atomic E-state index is 12.5. The van der Waals surface area contributed by atoms with E-state index >= 15 is 0 Å². The Bertz CT molecular complexity index is 891. The second-order valence-corrected chi connectivity index (χ2v) is 8.24. The Morgan fingerprint density at radius 3 is 2.48 bits per heavy atom. The lowest BCUT2D eigenvalue weighted by Gasteiger charge is -2.11. The van der Waals surface area contributed by atoms with Crippen LogP contribution in [0.5, 0.6) is 0 Å². The molecule has 5 nitrogen and oxygen atoms in total. The summed E-state index contributed by atoms with van der Waals surface area (Å²) in [6, 6.07) is 11.9. The molecular weight excluding hydrogens is 360 g/mol. The van der Waals surface area contributed by atoms with E-state index in [0.717, 1.165) is 18.4 Å². The third-order valence-electron chi connectivity index (χ3n) is 4.02. The van der Waals surface area contributed by atoms with Gasteiger partial charge in [-0.2, -0.15) is 0 Å². The molecule has 2 aromatic carbocycles. The zero-order chi connectivity index (χ0) is 18.0. The highest BCUT2D eigenvalue weighted by Crippen LogP contribution is 2.25. The third kappa shape index (κ3) is 4.52. The molecule has 1 amide bonds. The molecule has 3 rings (SSSR count).